The SMILES string of the molecule is COc1cc(-c2ccc(CN(C)C)cc2)c(C=O)c(OC)c1OC. The molecule has 0 spiro atoms. The molecular formula is C19H23NO4. The highest BCUT2D eigenvalue weighted by Gasteiger charge is 2.21. The molecule has 5 heteroatoms. The number of methoxy groups -OCH3 is 3. The zero-order chi connectivity index (χ0) is 17.7. The average Bonchev–Trinajstić information content (AvgIpc) is 2.59. The van der Waals surface area contributed by atoms with Gasteiger partial charge in [0.2, 0.25) is 5.75 Å². The number of carbonyl (C=O) groups excluding carboxylic acids is 1. The van der Waals surface area contributed by atoms with Crippen molar-refractivity contribution in [3.8, 4) is 28.4 Å². The normalized spacial score (nSPS) is 10.6. The average molecular weight is 329 g/mol. The van der Waals surface area contributed by atoms with Crippen LogP contribution in [0.3, 0.4) is 0 Å². The molecule has 0 aliphatic heterocycles. The van der Waals surface area contributed by atoms with Gasteiger partial charge < -0.3 is 19.1 Å². The quantitative estimate of drug-likeness (QED) is 0.730. The van der Waals surface area contributed by atoms with E-state index in [1.54, 1.807) is 13.2 Å². The Morgan fingerprint density at radius 1 is 0.958 bits per heavy atom. The van der Waals surface area contributed by atoms with E-state index in [9.17, 15) is 4.79 Å². The lowest BCUT2D eigenvalue weighted by Crippen LogP contribution is -2.10. The summed E-state index contributed by atoms with van der Waals surface area (Å²) in [5.74, 6) is 1.31. The van der Waals surface area contributed by atoms with E-state index in [0.29, 0.717) is 22.8 Å². The molecule has 0 N–H and O–H groups in total. The van der Waals surface area contributed by atoms with E-state index < -0.39 is 0 Å². The highest BCUT2D eigenvalue weighted by atomic mass is 16.5. The molecule has 128 valence electrons. The fraction of sp³-hybridized carbons (Fsp3) is 0.316. The van der Waals surface area contributed by atoms with E-state index in [2.05, 4.69) is 4.90 Å². The van der Waals surface area contributed by atoms with Crippen molar-refractivity contribution in [3.63, 3.8) is 0 Å². The van der Waals surface area contributed by atoms with Gasteiger partial charge in [-0.1, -0.05) is 24.3 Å². The summed E-state index contributed by atoms with van der Waals surface area (Å²) in [6.07, 6.45) is 0.782. The Kier molecular flexibility index (Phi) is 5.82. The third-order valence-corrected chi connectivity index (χ3v) is 3.75. The van der Waals surface area contributed by atoms with E-state index in [1.165, 1.54) is 19.8 Å². The summed E-state index contributed by atoms with van der Waals surface area (Å²) < 4.78 is 16.1. The Morgan fingerprint density at radius 3 is 2.04 bits per heavy atom. The van der Waals surface area contributed by atoms with Crippen LogP contribution >= 0.6 is 0 Å². The maximum atomic E-state index is 11.7. The fourth-order valence-electron chi connectivity index (χ4n) is 2.69. The predicted molar refractivity (Wildman–Crippen MR) is 94.3 cm³/mol. The molecule has 0 saturated heterocycles. The minimum absolute atomic E-state index is 0.374. The van der Waals surface area contributed by atoms with Crippen LogP contribution < -0.4 is 14.2 Å². The first-order valence-electron chi connectivity index (χ1n) is 7.57. The van der Waals surface area contributed by atoms with Gasteiger partial charge in [0, 0.05) is 6.54 Å². The van der Waals surface area contributed by atoms with Gasteiger partial charge in [-0.05, 0) is 36.9 Å². The van der Waals surface area contributed by atoms with Crippen LogP contribution in [-0.2, 0) is 6.54 Å². The number of rotatable bonds is 7. The molecule has 0 fully saturated rings. The summed E-state index contributed by atoms with van der Waals surface area (Å²) in [5.41, 5.74) is 3.30. The van der Waals surface area contributed by atoms with Crippen LogP contribution in [0.2, 0.25) is 0 Å². The Hall–Kier alpha value is -2.53. The van der Waals surface area contributed by atoms with Gasteiger partial charge in [0.05, 0.1) is 26.9 Å². The molecule has 0 bridgehead atoms. The lowest BCUT2D eigenvalue weighted by molar-refractivity contribution is 0.112. The second-order valence-electron chi connectivity index (χ2n) is 5.66. The van der Waals surface area contributed by atoms with Gasteiger partial charge in [-0.15, -0.1) is 0 Å². The number of nitrogens with zero attached hydrogens (tertiary/aromatic N) is 1. The van der Waals surface area contributed by atoms with Gasteiger partial charge >= 0.3 is 0 Å². The van der Waals surface area contributed by atoms with Crippen molar-refractivity contribution in [2.75, 3.05) is 35.4 Å². The Bertz CT molecular complexity index is 708. The monoisotopic (exact) mass is 329 g/mol. The Morgan fingerprint density at radius 2 is 1.58 bits per heavy atom. The third-order valence-electron chi connectivity index (χ3n) is 3.75. The number of aldehydes is 1. The molecule has 0 aromatic heterocycles. The maximum Gasteiger partial charge on any atom is 0.204 e. The molecule has 0 amide bonds. The van der Waals surface area contributed by atoms with Crippen molar-refractivity contribution in [1.82, 2.24) is 4.90 Å². The summed E-state index contributed by atoms with van der Waals surface area (Å²) in [5, 5.41) is 0. The smallest absolute Gasteiger partial charge is 0.204 e. The number of carbonyl (C=O) groups is 1. The molecule has 2 aromatic rings. The van der Waals surface area contributed by atoms with Gasteiger partial charge in [-0.25, -0.2) is 0 Å². The molecule has 0 unspecified atom stereocenters. The van der Waals surface area contributed by atoms with Crippen molar-refractivity contribution in [2.45, 2.75) is 6.54 Å². The molecule has 0 aliphatic rings. The van der Waals surface area contributed by atoms with E-state index in [4.69, 9.17) is 14.2 Å². The van der Waals surface area contributed by atoms with Crippen LogP contribution in [0, 0.1) is 0 Å². The molecular weight excluding hydrogens is 306 g/mol. The summed E-state index contributed by atoms with van der Waals surface area (Å²) in [4.78, 5) is 13.8. The topological polar surface area (TPSA) is 48.0 Å². The predicted octanol–water partition coefficient (Wildman–Crippen LogP) is 3.25. The standard InChI is InChI=1S/C19H23NO4/c1-20(2)11-13-6-8-14(9-7-13)15-10-17(22-3)19(24-5)18(23-4)16(15)12-21/h6-10,12H,11H2,1-5H3. The summed E-state index contributed by atoms with van der Waals surface area (Å²) in [6, 6.07) is 9.88. The number of ether oxygens (including phenoxy) is 3. The molecule has 2 aromatic carbocycles. The highest BCUT2D eigenvalue weighted by molar-refractivity contribution is 5.94. The number of hydrogen-bond acceptors (Lipinski definition) is 5. The number of hydrogen-bond donors (Lipinski definition) is 0. The van der Waals surface area contributed by atoms with Crippen LogP contribution in [0.5, 0.6) is 17.2 Å². The minimum atomic E-state index is 0.374. The molecule has 0 radical (unpaired) electrons. The Labute approximate surface area is 142 Å². The largest absolute Gasteiger partial charge is 0.493 e. The number of benzene rings is 2. The van der Waals surface area contributed by atoms with Crippen LogP contribution in [-0.4, -0.2) is 46.6 Å². The summed E-state index contributed by atoms with van der Waals surface area (Å²) >= 11 is 0. The summed E-state index contributed by atoms with van der Waals surface area (Å²) in [7, 11) is 8.63. The third kappa shape index (κ3) is 3.51. The molecule has 2 rings (SSSR count). The van der Waals surface area contributed by atoms with Gasteiger partial charge in [0.25, 0.3) is 0 Å². The lowest BCUT2D eigenvalue weighted by atomic mass is 9.97. The zero-order valence-corrected chi connectivity index (χ0v) is 14.8. The first kappa shape index (κ1) is 17.8. The van der Waals surface area contributed by atoms with Gasteiger partial charge in [0.15, 0.2) is 17.8 Å². The molecule has 0 atom stereocenters. The zero-order valence-electron chi connectivity index (χ0n) is 14.8. The van der Waals surface area contributed by atoms with Crippen molar-refractivity contribution >= 4 is 6.29 Å². The first-order chi connectivity index (χ1) is 11.5. The molecule has 24 heavy (non-hydrogen) atoms. The molecule has 0 saturated carbocycles. The van der Waals surface area contributed by atoms with E-state index >= 15 is 0 Å². The van der Waals surface area contributed by atoms with Crippen LogP contribution in [0.25, 0.3) is 11.1 Å². The first-order valence-corrected chi connectivity index (χ1v) is 7.57. The maximum absolute atomic E-state index is 11.7. The van der Waals surface area contributed by atoms with Crippen LogP contribution in [0.1, 0.15) is 15.9 Å². The van der Waals surface area contributed by atoms with Crippen molar-refractivity contribution in [2.24, 2.45) is 0 Å². The fourth-order valence-corrected chi connectivity index (χ4v) is 2.69. The molecule has 0 heterocycles. The van der Waals surface area contributed by atoms with Gasteiger partial charge in [-0.2, -0.15) is 0 Å². The molecule has 0 aliphatic carbocycles. The van der Waals surface area contributed by atoms with E-state index in [1.807, 2.05) is 38.4 Å². The van der Waals surface area contributed by atoms with Crippen molar-refractivity contribution in [1.29, 1.82) is 0 Å². The van der Waals surface area contributed by atoms with Crippen molar-refractivity contribution in [3.05, 3.63) is 41.5 Å². The lowest BCUT2D eigenvalue weighted by Gasteiger charge is -2.17. The highest BCUT2D eigenvalue weighted by Crippen LogP contribution is 2.44. The van der Waals surface area contributed by atoms with Gasteiger partial charge in [0.1, 0.15) is 0 Å². The molecule has 5 nitrogen and oxygen atoms in total. The second kappa shape index (κ2) is 7.84. The van der Waals surface area contributed by atoms with Crippen LogP contribution in [0.15, 0.2) is 30.3 Å². The minimum Gasteiger partial charge on any atom is -0.493 e. The van der Waals surface area contributed by atoms with Crippen LogP contribution in [0.4, 0.5) is 0 Å². The summed E-state index contributed by atoms with van der Waals surface area (Å²) in [6.45, 7) is 0.857. The van der Waals surface area contributed by atoms with E-state index in [-0.39, 0.29) is 0 Å². The second-order valence-corrected chi connectivity index (χ2v) is 5.66. The van der Waals surface area contributed by atoms with Gasteiger partial charge in [-0.3, -0.25) is 4.79 Å². The Balaban J connectivity index is 2.58. The van der Waals surface area contributed by atoms with Crippen molar-refractivity contribution < 1.29 is 19.0 Å². The van der Waals surface area contributed by atoms with E-state index in [0.717, 1.165) is 24.0 Å².